The van der Waals surface area contributed by atoms with Crippen molar-refractivity contribution in [3.05, 3.63) is 62.4 Å². The first-order chi connectivity index (χ1) is 10.5. The molecule has 0 atom stereocenters. The lowest BCUT2D eigenvalue weighted by Crippen LogP contribution is -2.28. The van der Waals surface area contributed by atoms with E-state index >= 15 is 0 Å². The highest BCUT2D eigenvalue weighted by Crippen LogP contribution is 2.35. The van der Waals surface area contributed by atoms with E-state index in [0.717, 1.165) is 10.1 Å². The third kappa shape index (κ3) is 3.15. The van der Waals surface area contributed by atoms with E-state index in [0.29, 0.717) is 25.6 Å². The van der Waals surface area contributed by atoms with Crippen LogP contribution in [0.2, 0.25) is 15.1 Å². The van der Waals surface area contributed by atoms with E-state index < -0.39 is 0 Å². The molecule has 112 valence electrons. The summed E-state index contributed by atoms with van der Waals surface area (Å²) in [5, 5.41) is 2.27. The Kier molecular flexibility index (Phi) is 4.45. The zero-order valence-electron chi connectivity index (χ0n) is 11.0. The molecule has 1 aromatic heterocycles. The van der Waals surface area contributed by atoms with Crippen LogP contribution >= 0.6 is 46.1 Å². The summed E-state index contributed by atoms with van der Waals surface area (Å²) in [7, 11) is 0. The second-order valence-electron chi connectivity index (χ2n) is 4.48. The largest absolute Gasteiger partial charge is 0.298 e. The minimum absolute atomic E-state index is 0.317. The number of carbonyl (C=O) groups excluding carboxylic acids is 1. The lowest BCUT2D eigenvalue weighted by Gasteiger charge is -2.08. The fourth-order valence-electron chi connectivity index (χ4n) is 1.97. The van der Waals surface area contributed by atoms with Gasteiger partial charge in [0.2, 0.25) is 0 Å². The molecule has 1 amide bonds. The van der Waals surface area contributed by atoms with Gasteiger partial charge in [0.05, 0.1) is 10.7 Å². The van der Waals surface area contributed by atoms with Crippen molar-refractivity contribution < 1.29 is 4.79 Å². The molecule has 0 aliphatic heterocycles. The molecular formula is C15H9Cl3N2OS. The van der Waals surface area contributed by atoms with E-state index in [1.165, 1.54) is 11.3 Å². The van der Waals surface area contributed by atoms with Crippen molar-refractivity contribution in [1.82, 2.24) is 5.43 Å². The summed E-state index contributed by atoms with van der Waals surface area (Å²) in [6.07, 6.45) is 0. The second-order valence-corrected chi connectivity index (χ2v) is 6.78. The van der Waals surface area contributed by atoms with E-state index in [9.17, 15) is 4.79 Å². The van der Waals surface area contributed by atoms with Crippen LogP contribution in [0, 0.1) is 0 Å². The number of fused-ring (bicyclic) bond motifs is 1. The molecule has 1 heterocycles. The molecular weight excluding hydrogens is 363 g/mol. The maximum Gasteiger partial charge on any atom is 0.281 e. The summed E-state index contributed by atoms with van der Waals surface area (Å²) in [6.45, 7) is 0. The van der Waals surface area contributed by atoms with Gasteiger partial charge >= 0.3 is 0 Å². The van der Waals surface area contributed by atoms with Crippen LogP contribution in [-0.4, -0.2) is 5.91 Å². The molecule has 22 heavy (non-hydrogen) atoms. The summed E-state index contributed by atoms with van der Waals surface area (Å²) in [6, 6.07) is 12.5. The highest BCUT2D eigenvalue weighted by atomic mass is 35.5. The Hall–Kier alpha value is -1.46. The Labute approximate surface area is 145 Å². The monoisotopic (exact) mass is 370 g/mol. The molecule has 3 nitrogen and oxygen atoms in total. The Morgan fingerprint density at radius 2 is 1.68 bits per heavy atom. The van der Waals surface area contributed by atoms with Gasteiger partial charge in [-0.1, -0.05) is 53.0 Å². The molecule has 0 aliphatic carbocycles. The van der Waals surface area contributed by atoms with Crippen LogP contribution in [0.5, 0.6) is 0 Å². The number of hydrazine groups is 1. The Bertz CT molecular complexity index is 843. The second kappa shape index (κ2) is 6.34. The van der Waals surface area contributed by atoms with Crippen LogP contribution in [0.4, 0.5) is 5.69 Å². The predicted octanol–water partition coefficient (Wildman–Crippen LogP) is 5.62. The highest BCUT2D eigenvalue weighted by Gasteiger charge is 2.16. The molecule has 0 fully saturated rings. The summed E-state index contributed by atoms with van der Waals surface area (Å²) < 4.78 is 0.962. The minimum atomic E-state index is -0.317. The van der Waals surface area contributed by atoms with Gasteiger partial charge in [-0.15, -0.1) is 11.3 Å². The van der Waals surface area contributed by atoms with Crippen molar-refractivity contribution in [3.63, 3.8) is 0 Å². The van der Waals surface area contributed by atoms with E-state index in [1.807, 2.05) is 24.3 Å². The summed E-state index contributed by atoms with van der Waals surface area (Å²) in [5.41, 5.74) is 5.95. The van der Waals surface area contributed by atoms with Crippen molar-refractivity contribution in [1.29, 1.82) is 0 Å². The standard InChI is InChI=1S/C15H9Cl3N2OS/c16-8-5-9(17)7-10(6-8)19-20-15(21)14-13(18)11-3-1-2-4-12(11)22-14/h1-7,19H,(H,20,21). The summed E-state index contributed by atoms with van der Waals surface area (Å²) >= 11 is 19.4. The third-order valence-corrected chi connectivity index (χ3v) is 5.03. The number of anilines is 1. The van der Waals surface area contributed by atoms with Gasteiger partial charge in [0.15, 0.2) is 0 Å². The number of thiophene rings is 1. The van der Waals surface area contributed by atoms with Crippen LogP contribution in [0.25, 0.3) is 10.1 Å². The molecule has 3 rings (SSSR count). The number of benzene rings is 2. The zero-order chi connectivity index (χ0) is 15.7. The van der Waals surface area contributed by atoms with Crippen molar-refractivity contribution in [2.75, 3.05) is 5.43 Å². The zero-order valence-corrected chi connectivity index (χ0v) is 14.1. The van der Waals surface area contributed by atoms with Crippen LogP contribution in [0.15, 0.2) is 42.5 Å². The van der Waals surface area contributed by atoms with Crippen molar-refractivity contribution in [2.45, 2.75) is 0 Å². The number of nitrogens with one attached hydrogen (secondary N) is 2. The van der Waals surface area contributed by atoms with Crippen molar-refractivity contribution in [3.8, 4) is 0 Å². The average Bonchev–Trinajstić information content (AvgIpc) is 2.82. The number of hydrogen-bond donors (Lipinski definition) is 2. The van der Waals surface area contributed by atoms with Crippen LogP contribution in [-0.2, 0) is 0 Å². The van der Waals surface area contributed by atoms with Gasteiger partial charge in [-0.25, -0.2) is 0 Å². The molecule has 7 heteroatoms. The first-order valence-corrected chi connectivity index (χ1v) is 8.19. The number of halogens is 3. The van der Waals surface area contributed by atoms with Gasteiger partial charge in [0, 0.05) is 20.1 Å². The Balaban J connectivity index is 1.80. The lowest BCUT2D eigenvalue weighted by molar-refractivity contribution is 0.0967. The maximum atomic E-state index is 12.3. The first kappa shape index (κ1) is 15.4. The minimum Gasteiger partial charge on any atom is -0.298 e. The molecule has 0 saturated heterocycles. The summed E-state index contributed by atoms with van der Waals surface area (Å²) in [4.78, 5) is 12.7. The Morgan fingerprint density at radius 3 is 2.36 bits per heavy atom. The van der Waals surface area contributed by atoms with Gasteiger partial charge < -0.3 is 0 Å². The smallest absolute Gasteiger partial charge is 0.281 e. The number of carbonyl (C=O) groups is 1. The molecule has 0 radical (unpaired) electrons. The normalized spacial score (nSPS) is 10.7. The molecule has 3 aromatic rings. The van der Waals surface area contributed by atoms with E-state index in [1.54, 1.807) is 18.2 Å². The molecule has 0 saturated carbocycles. The topological polar surface area (TPSA) is 41.1 Å². The van der Waals surface area contributed by atoms with E-state index in [2.05, 4.69) is 10.9 Å². The van der Waals surface area contributed by atoms with Crippen molar-refractivity contribution in [2.24, 2.45) is 0 Å². The van der Waals surface area contributed by atoms with Gasteiger partial charge in [0.1, 0.15) is 4.88 Å². The van der Waals surface area contributed by atoms with Gasteiger partial charge in [-0.05, 0) is 24.3 Å². The fourth-order valence-corrected chi connectivity index (χ4v) is 3.91. The van der Waals surface area contributed by atoms with Gasteiger partial charge in [0.25, 0.3) is 5.91 Å². The van der Waals surface area contributed by atoms with Crippen LogP contribution in [0.1, 0.15) is 9.67 Å². The molecule has 0 bridgehead atoms. The highest BCUT2D eigenvalue weighted by molar-refractivity contribution is 7.21. The van der Waals surface area contributed by atoms with E-state index in [4.69, 9.17) is 34.8 Å². The lowest BCUT2D eigenvalue weighted by atomic mass is 10.2. The third-order valence-electron chi connectivity index (χ3n) is 2.92. The maximum absolute atomic E-state index is 12.3. The fraction of sp³-hybridized carbons (Fsp3) is 0. The molecule has 2 aromatic carbocycles. The van der Waals surface area contributed by atoms with Crippen LogP contribution < -0.4 is 10.9 Å². The number of amides is 1. The van der Waals surface area contributed by atoms with E-state index in [-0.39, 0.29) is 5.91 Å². The molecule has 2 N–H and O–H groups in total. The van der Waals surface area contributed by atoms with Crippen molar-refractivity contribution >= 4 is 67.8 Å². The molecule has 0 spiro atoms. The Morgan fingerprint density at radius 1 is 1.00 bits per heavy atom. The molecule has 0 unspecified atom stereocenters. The quantitative estimate of drug-likeness (QED) is 0.587. The van der Waals surface area contributed by atoms with Gasteiger partial charge in [-0.3, -0.25) is 15.6 Å². The van der Waals surface area contributed by atoms with Gasteiger partial charge in [-0.2, -0.15) is 0 Å². The SMILES string of the molecule is O=C(NNc1cc(Cl)cc(Cl)c1)c1sc2ccccc2c1Cl. The number of rotatable bonds is 3. The predicted molar refractivity (Wildman–Crippen MR) is 94.4 cm³/mol. The average molecular weight is 372 g/mol. The summed E-state index contributed by atoms with van der Waals surface area (Å²) in [5.74, 6) is -0.317. The number of hydrogen-bond acceptors (Lipinski definition) is 3. The first-order valence-electron chi connectivity index (χ1n) is 6.24. The van der Waals surface area contributed by atoms with Crippen LogP contribution in [0.3, 0.4) is 0 Å². The molecule has 0 aliphatic rings.